The minimum absolute atomic E-state index is 0.0181. The summed E-state index contributed by atoms with van der Waals surface area (Å²) in [6.07, 6.45) is 4.36. The fourth-order valence-electron chi connectivity index (χ4n) is 3.15. The Morgan fingerprint density at radius 2 is 2.00 bits per heavy atom. The molecule has 3 rings (SSSR count). The van der Waals surface area contributed by atoms with E-state index in [0.717, 1.165) is 44.3 Å². The average Bonchev–Trinajstić information content (AvgIpc) is 2.93. The highest BCUT2D eigenvalue weighted by molar-refractivity contribution is 5.97. The molecule has 130 valence electrons. The van der Waals surface area contributed by atoms with E-state index in [4.69, 9.17) is 4.42 Å². The van der Waals surface area contributed by atoms with Crippen molar-refractivity contribution < 1.29 is 9.21 Å². The van der Waals surface area contributed by atoms with Crippen molar-refractivity contribution in [2.45, 2.75) is 39.2 Å². The minimum Gasteiger partial charge on any atom is -0.408 e. The molecule has 1 amide bonds. The van der Waals surface area contributed by atoms with Crippen LogP contribution in [0.2, 0.25) is 0 Å². The van der Waals surface area contributed by atoms with Crippen LogP contribution in [-0.2, 0) is 6.54 Å². The fraction of sp³-hybridized carbons (Fsp3) is 0.556. The van der Waals surface area contributed by atoms with Gasteiger partial charge in [-0.05, 0) is 24.6 Å². The predicted molar refractivity (Wildman–Crippen MR) is 93.4 cm³/mol. The highest BCUT2D eigenvalue weighted by Crippen LogP contribution is 2.17. The molecular formula is C18H25N3O3. The summed E-state index contributed by atoms with van der Waals surface area (Å²) in [5.41, 5.74) is 1.89. The summed E-state index contributed by atoms with van der Waals surface area (Å²) >= 11 is 0. The summed E-state index contributed by atoms with van der Waals surface area (Å²) in [5, 5.41) is 3.24. The van der Waals surface area contributed by atoms with E-state index in [9.17, 15) is 9.59 Å². The van der Waals surface area contributed by atoms with Gasteiger partial charge in [0, 0.05) is 38.3 Å². The van der Waals surface area contributed by atoms with Crippen molar-refractivity contribution >= 4 is 17.0 Å². The number of nitrogens with one attached hydrogen (secondary N) is 1. The highest BCUT2D eigenvalue weighted by atomic mass is 16.4. The Hall–Kier alpha value is -2.08. The van der Waals surface area contributed by atoms with Crippen molar-refractivity contribution in [2.24, 2.45) is 0 Å². The van der Waals surface area contributed by atoms with Gasteiger partial charge in [-0.3, -0.25) is 9.36 Å². The molecule has 0 bridgehead atoms. The molecule has 1 saturated heterocycles. The lowest BCUT2D eigenvalue weighted by atomic mass is 10.1. The summed E-state index contributed by atoms with van der Waals surface area (Å²) < 4.78 is 6.96. The molecule has 1 fully saturated rings. The van der Waals surface area contributed by atoms with Gasteiger partial charge in [0.15, 0.2) is 5.58 Å². The van der Waals surface area contributed by atoms with E-state index in [1.165, 1.54) is 0 Å². The van der Waals surface area contributed by atoms with Crippen molar-refractivity contribution in [1.82, 2.24) is 14.8 Å². The number of carbonyl (C=O) groups excluding carboxylic acids is 1. The maximum Gasteiger partial charge on any atom is 0.419 e. The molecule has 1 aromatic heterocycles. The SMILES string of the molecule is CCCCCCn1c(=O)oc2ccc(C(=O)N3CCNCC3)cc21. The molecule has 0 radical (unpaired) electrons. The molecule has 2 aromatic rings. The third-order valence-corrected chi connectivity index (χ3v) is 4.55. The van der Waals surface area contributed by atoms with Crippen LogP contribution >= 0.6 is 0 Å². The van der Waals surface area contributed by atoms with Crippen LogP contribution in [0.4, 0.5) is 0 Å². The van der Waals surface area contributed by atoms with Crippen molar-refractivity contribution in [3.05, 3.63) is 34.3 Å². The van der Waals surface area contributed by atoms with E-state index >= 15 is 0 Å². The van der Waals surface area contributed by atoms with Gasteiger partial charge in [0.1, 0.15) is 0 Å². The Balaban J connectivity index is 1.83. The van der Waals surface area contributed by atoms with Gasteiger partial charge in [-0.2, -0.15) is 0 Å². The Morgan fingerprint density at radius 1 is 1.21 bits per heavy atom. The third-order valence-electron chi connectivity index (χ3n) is 4.55. The zero-order chi connectivity index (χ0) is 16.9. The molecule has 0 unspecified atom stereocenters. The van der Waals surface area contributed by atoms with Crippen LogP contribution in [-0.4, -0.2) is 41.6 Å². The highest BCUT2D eigenvalue weighted by Gasteiger charge is 2.19. The summed E-state index contributed by atoms with van der Waals surface area (Å²) in [6, 6.07) is 5.27. The van der Waals surface area contributed by atoms with Crippen LogP contribution < -0.4 is 11.1 Å². The number of amides is 1. The number of unbranched alkanes of at least 4 members (excludes halogenated alkanes) is 3. The van der Waals surface area contributed by atoms with Crippen molar-refractivity contribution in [1.29, 1.82) is 0 Å². The Kier molecular flexibility index (Phi) is 5.35. The van der Waals surface area contributed by atoms with Crippen molar-refractivity contribution in [3.8, 4) is 0 Å². The van der Waals surface area contributed by atoms with E-state index in [0.29, 0.717) is 30.8 Å². The molecule has 0 atom stereocenters. The molecule has 0 spiro atoms. The number of hydrogen-bond acceptors (Lipinski definition) is 4. The summed E-state index contributed by atoms with van der Waals surface area (Å²) in [4.78, 5) is 26.6. The average molecular weight is 331 g/mol. The number of oxazole rings is 1. The Labute approximate surface area is 141 Å². The molecule has 1 aromatic carbocycles. The zero-order valence-electron chi connectivity index (χ0n) is 14.2. The largest absolute Gasteiger partial charge is 0.419 e. The number of rotatable bonds is 6. The van der Waals surface area contributed by atoms with Crippen LogP contribution in [0.5, 0.6) is 0 Å². The topological polar surface area (TPSA) is 67.5 Å². The molecular weight excluding hydrogens is 306 g/mol. The van der Waals surface area contributed by atoms with Gasteiger partial charge in [-0.1, -0.05) is 26.2 Å². The number of carbonyl (C=O) groups is 1. The molecule has 6 heteroatoms. The fourth-order valence-corrected chi connectivity index (χ4v) is 3.15. The lowest BCUT2D eigenvalue weighted by Gasteiger charge is -2.27. The number of benzene rings is 1. The van der Waals surface area contributed by atoms with Gasteiger partial charge in [-0.15, -0.1) is 0 Å². The van der Waals surface area contributed by atoms with E-state index in [2.05, 4.69) is 12.2 Å². The predicted octanol–water partition coefficient (Wildman–Crippen LogP) is 2.22. The number of nitrogens with zero attached hydrogens (tertiary/aromatic N) is 2. The number of aromatic nitrogens is 1. The van der Waals surface area contributed by atoms with Crippen molar-refractivity contribution in [3.63, 3.8) is 0 Å². The molecule has 24 heavy (non-hydrogen) atoms. The lowest BCUT2D eigenvalue weighted by Crippen LogP contribution is -2.46. The van der Waals surface area contributed by atoms with E-state index in [-0.39, 0.29) is 11.7 Å². The van der Waals surface area contributed by atoms with Gasteiger partial charge in [0.2, 0.25) is 0 Å². The Bertz CT molecular complexity index is 756. The molecule has 0 aliphatic carbocycles. The van der Waals surface area contributed by atoms with Crippen LogP contribution in [0.25, 0.3) is 11.1 Å². The lowest BCUT2D eigenvalue weighted by molar-refractivity contribution is 0.0736. The molecule has 1 aliphatic heterocycles. The van der Waals surface area contributed by atoms with Gasteiger partial charge >= 0.3 is 5.76 Å². The Morgan fingerprint density at radius 3 is 2.75 bits per heavy atom. The number of piperazine rings is 1. The van der Waals surface area contributed by atoms with Crippen molar-refractivity contribution in [2.75, 3.05) is 26.2 Å². The van der Waals surface area contributed by atoms with E-state index in [1.807, 2.05) is 4.90 Å². The monoisotopic (exact) mass is 331 g/mol. The molecule has 2 heterocycles. The minimum atomic E-state index is -0.340. The van der Waals surface area contributed by atoms with Crippen LogP contribution in [0.15, 0.2) is 27.4 Å². The first kappa shape index (κ1) is 16.8. The summed E-state index contributed by atoms with van der Waals surface area (Å²) in [5.74, 6) is -0.321. The quantitative estimate of drug-likeness (QED) is 0.824. The molecule has 1 aliphatic rings. The van der Waals surface area contributed by atoms with Gasteiger partial charge in [0.25, 0.3) is 5.91 Å². The maximum absolute atomic E-state index is 12.6. The zero-order valence-corrected chi connectivity index (χ0v) is 14.2. The van der Waals surface area contributed by atoms with Gasteiger partial charge < -0.3 is 14.6 Å². The second-order valence-corrected chi connectivity index (χ2v) is 6.30. The standard InChI is InChI=1S/C18H25N3O3/c1-2-3-4-5-10-21-15-13-14(6-7-16(15)24-18(21)23)17(22)20-11-8-19-9-12-20/h6-7,13,19H,2-5,8-12H2,1H3. The van der Waals surface area contributed by atoms with Crippen LogP contribution in [0, 0.1) is 0 Å². The molecule has 0 saturated carbocycles. The van der Waals surface area contributed by atoms with E-state index < -0.39 is 0 Å². The first-order valence-electron chi connectivity index (χ1n) is 8.84. The smallest absolute Gasteiger partial charge is 0.408 e. The number of hydrogen-bond donors (Lipinski definition) is 1. The van der Waals surface area contributed by atoms with Gasteiger partial charge in [0.05, 0.1) is 5.52 Å². The number of fused-ring (bicyclic) bond motifs is 1. The summed E-state index contributed by atoms with van der Waals surface area (Å²) in [7, 11) is 0. The maximum atomic E-state index is 12.6. The van der Waals surface area contributed by atoms with Crippen LogP contribution in [0.1, 0.15) is 43.0 Å². The summed E-state index contributed by atoms with van der Waals surface area (Å²) in [6.45, 7) is 5.87. The third kappa shape index (κ3) is 3.53. The second kappa shape index (κ2) is 7.66. The molecule has 1 N–H and O–H groups in total. The normalized spacial score (nSPS) is 15.1. The molecule has 6 nitrogen and oxygen atoms in total. The van der Waals surface area contributed by atoms with Crippen LogP contribution in [0.3, 0.4) is 0 Å². The number of aryl methyl sites for hydroxylation is 1. The van der Waals surface area contributed by atoms with Gasteiger partial charge in [-0.25, -0.2) is 4.79 Å². The second-order valence-electron chi connectivity index (χ2n) is 6.30. The first-order chi connectivity index (χ1) is 11.7. The first-order valence-corrected chi connectivity index (χ1v) is 8.84. The van der Waals surface area contributed by atoms with E-state index in [1.54, 1.807) is 22.8 Å².